The molecule has 1 heterocycles. The third kappa shape index (κ3) is 2.51. The van der Waals surface area contributed by atoms with Crippen LogP contribution in [0.3, 0.4) is 0 Å². The molecule has 5 heteroatoms. The minimum atomic E-state index is 0.567. The van der Waals surface area contributed by atoms with Crippen molar-refractivity contribution in [1.82, 2.24) is 15.2 Å². The van der Waals surface area contributed by atoms with Crippen LogP contribution in [0.1, 0.15) is 18.3 Å². The van der Waals surface area contributed by atoms with Gasteiger partial charge in [0.15, 0.2) is 5.82 Å². The van der Waals surface area contributed by atoms with Gasteiger partial charge in [0.1, 0.15) is 11.6 Å². The maximum atomic E-state index is 5.49. The van der Waals surface area contributed by atoms with Gasteiger partial charge in [-0.15, -0.1) is 0 Å². The molecule has 0 aliphatic carbocycles. The Hall–Kier alpha value is -1.88. The van der Waals surface area contributed by atoms with Gasteiger partial charge < -0.3 is 10.5 Å². The average Bonchev–Trinajstić information content (AvgIpc) is 2.87. The smallest absolute Gasteiger partial charge is 0.181 e. The van der Waals surface area contributed by atoms with Crippen LogP contribution in [0, 0.1) is 0 Å². The molecule has 1 aromatic heterocycles. The molecule has 3 N–H and O–H groups in total. The Morgan fingerprint density at radius 1 is 1.39 bits per heavy atom. The van der Waals surface area contributed by atoms with Crippen molar-refractivity contribution >= 4 is 0 Å². The van der Waals surface area contributed by atoms with Crippen molar-refractivity contribution in [2.75, 3.05) is 13.7 Å². The zero-order chi connectivity index (χ0) is 13.0. The summed E-state index contributed by atoms with van der Waals surface area (Å²) in [6.07, 6.45) is 1.63. The Labute approximate surface area is 106 Å². The third-order valence-corrected chi connectivity index (χ3v) is 2.83. The predicted octanol–water partition coefficient (Wildman–Crippen LogP) is 1.54. The van der Waals surface area contributed by atoms with Crippen LogP contribution < -0.4 is 10.5 Å². The second kappa shape index (κ2) is 5.64. The molecule has 96 valence electrons. The summed E-state index contributed by atoms with van der Waals surface area (Å²) in [6.45, 7) is 2.66. The van der Waals surface area contributed by atoms with Gasteiger partial charge in [0.2, 0.25) is 0 Å². The molecule has 0 fully saturated rings. The molecule has 0 atom stereocenters. The summed E-state index contributed by atoms with van der Waals surface area (Å²) in [5, 5.41) is 7.10. The number of rotatable bonds is 5. The number of benzene rings is 1. The maximum Gasteiger partial charge on any atom is 0.181 e. The Kier molecular flexibility index (Phi) is 3.94. The first-order valence-corrected chi connectivity index (χ1v) is 6.07. The number of nitrogens with zero attached hydrogens (tertiary/aromatic N) is 2. The Morgan fingerprint density at radius 2 is 2.22 bits per heavy atom. The second-order valence-corrected chi connectivity index (χ2v) is 4.02. The number of nitrogens with one attached hydrogen (secondary N) is 1. The van der Waals surface area contributed by atoms with Crippen LogP contribution in [0.4, 0.5) is 0 Å². The van der Waals surface area contributed by atoms with Crippen molar-refractivity contribution in [2.45, 2.75) is 19.8 Å². The molecule has 0 unspecified atom stereocenters. The number of hydrogen-bond acceptors (Lipinski definition) is 4. The highest BCUT2D eigenvalue weighted by molar-refractivity contribution is 5.58. The number of hydrogen-bond donors (Lipinski definition) is 2. The van der Waals surface area contributed by atoms with E-state index < -0.39 is 0 Å². The summed E-state index contributed by atoms with van der Waals surface area (Å²) < 4.78 is 5.31. The molecule has 0 saturated carbocycles. The summed E-state index contributed by atoms with van der Waals surface area (Å²) in [5.41, 5.74) is 7.63. The van der Waals surface area contributed by atoms with Crippen molar-refractivity contribution in [3.8, 4) is 17.1 Å². The second-order valence-electron chi connectivity index (χ2n) is 4.02. The normalized spacial score (nSPS) is 10.6. The fraction of sp³-hybridized carbons (Fsp3) is 0.385. The van der Waals surface area contributed by atoms with E-state index in [0.29, 0.717) is 18.8 Å². The molecule has 2 aromatic rings. The van der Waals surface area contributed by atoms with E-state index in [0.717, 1.165) is 29.1 Å². The van der Waals surface area contributed by atoms with Gasteiger partial charge in [0, 0.05) is 12.0 Å². The van der Waals surface area contributed by atoms with E-state index in [-0.39, 0.29) is 0 Å². The van der Waals surface area contributed by atoms with Crippen LogP contribution >= 0.6 is 0 Å². The minimum absolute atomic E-state index is 0.567. The van der Waals surface area contributed by atoms with Crippen LogP contribution in [0.25, 0.3) is 11.4 Å². The summed E-state index contributed by atoms with van der Waals surface area (Å²) >= 11 is 0. The molecule has 0 bridgehead atoms. The summed E-state index contributed by atoms with van der Waals surface area (Å²) in [7, 11) is 1.68. The number of aryl methyl sites for hydroxylation is 1. The number of methoxy groups -OCH3 is 1. The Bertz CT molecular complexity index is 521. The Morgan fingerprint density at radius 3 is 2.89 bits per heavy atom. The lowest BCUT2D eigenvalue weighted by Crippen LogP contribution is -2.03. The lowest BCUT2D eigenvalue weighted by atomic mass is 10.1. The molecule has 0 aliphatic rings. The first-order chi connectivity index (χ1) is 8.78. The molecule has 0 radical (unpaired) electrons. The molecule has 2 rings (SSSR count). The SMILES string of the molecule is CCc1cc(-c2n[nH]c(CCN)n2)ccc1OC. The number of aromatic amines is 1. The lowest BCUT2D eigenvalue weighted by molar-refractivity contribution is 0.410. The van der Waals surface area contributed by atoms with E-state index in [1.165, 1.54) is 0 Å². The van der Waals surface area contributed by atoms with Gasteiger partial charge in [-0.3, -0.25) is 5.10 Å². The van der Waals surface area contributed by atoms with E-state index in [2.05, 4.69) is 28.2 Å². The monoisotopic (exact) mass is 246 g/mol. The van der Waals surface area contributed by atoms with Crippen molar-refractivity contribution in [2.24, 2.45) is 5.73 Å². The number of aromatic nitrogens is 3. The zero-order valence-corrected chi connectivity index (χ0v) is 10.7. The molecule has 0 spiro atoms. The topological polar surface area (TPSA) is 76.8 Å². The highest BCUT2D eigenvalue weighted by Crippen LogP contribution is 2.25. The van der Waals surface area contributed by atoms with Gasteiger partial charge in [0.05, 0.1) is 7.11 Å². The highest BCUT2D eigenvalue weighted by Gasteiger charge is 2.08. The van der Waals surface area contributed by atoms with Gasteiger partial charge in [-0.2, -0.15) is 5.10 Å². The maximum absolute atomic E-state index is 5.49. The molecular weight excluding hydrogens is 228 g/mol. The zero-order valence-electron chi connectivity index (χ0n) is 10.7. The van der Waals surface area contributed by atoms with Crippen molar-refractivity contribution in [3.63, 3.8) is 0 Å². The van der Waals surface area contributed by atoms with E-state index in [1.54, 1.807) is 7.11 Å². The van der Waals surface area contributed by atoms with Crippen molar-refractivity contribution < 1.29 is 4.74 Å². The molecule has 1 aromatic carbocycles. The van der Waals surface area contributed by atoms with E-state index in [1.807, 2.05) is 12.1 Å². The lowest BCUT2D eigenvalue weighted by Gasteiger charge is -2.07. The van der Waals surface area contributed by atoms with Crippen molar-refractivity contribution in [1.29, 1.82) is 0 Å². The van der Waals surface area contributed by atoms with E-state index in [9.17, 15) is 0 Å². The van der Waals surface area contributed by atoms with Crippen LogP contribution in [-0.4, -0.2) is 28.8 Å². The summed E-state index contributed by atoms with van der Waals surface area (Å²) in [5.74, 6) is 2.43. The van der Waals surface area contributed by atoms with Gasteiger partial charge in [-0.05, 0) is 36.7 Å². The summed E-state index contributed by atoms with van der Waals surface area (Å²) in [6, 6.07) is 5.98. The first kappa shape index (κ1) is 12.6. The quantitative estimate of drug-likeness (QED) is 0.839. The first-order valence-electron chi connectivity index (χ1n) is 6.07. The fourth-order valence-electron chi connectivity index (χ4n) is 1.87. The number of H-pyrrole nitrogens is 1. The number of ether oxygens (including phenoxy) is 1. The molecule has 18 heavy (non-hydrogen) atoms. The van der Waals surface area contributed by atoms with Gasteiger partial charge >= 0.3 is 0 Å². The van der Waals surface area contributed by atoms with E-state index >= 15 is 0 Å². The third-order valence-electron chi connectivity index (χ3n) is 2.83. The molecule has 0 saturated heterocycles. The minimum Gasteiger partial charge on any atom is -0.496 e. The van der Waals surface area contributed by atoms with Crippen LogP contribution in [-0.2, 0) is 12.8 Å². The van der Waals surface area contributed by atoms with Crippen LogP contribution in [0.15, 0.2) is 18.2 Å². The predicted molar refractivity (Wildman–Crippen MR) is 70.5 cm³/mol. The summed E-state index contributed by atoms with van der Waals surface area (Å²) in [4.78, 5) is 4.41. The van der Waals surface area contributed by atoms with Gasteiger partial charge in [-0.25, -0.2) is 4.98 Å². The van der Waals surface area contributed by atoms with Gasteiger partial charge in [-0.1, -0.05) is 6.92 Å². The van der Waals surface area contributed by atoms with Crippen LogP contribution in [0.2, 0.25) is 0 Å². The average molecular weight is 246 g/mol. The Balaban J connectivity index is 2.31. The highest BCUT2D eigenvalue weighted by atomic mass is 16.5. The van der Waals surface area contributed by atoms with Crippen LogP contribution in [0.5, 0.6) is 5.75 Å². The van der Waals surface area contributed by atoms with E-state index in [4.69, 9.17) is 10.5 Å². The fourth-order valence-corrected chi connectivity index (χ4v) is 1.87. The van der Waals surface area contributed by atoms with Crippen molar-refractivity contribution in [3.05, 3.63) is 29.6 Å². The number of nitrogens with two attached hydrogens (primary N) is 1. The molecule has 5 nitrogen and oxygen atoms in total. The molecule has 0 amide bonds. The molecule has 0 aliphatic heterocycles. The molecular formula is C13H18N4O. The van der Waals surface area contributed by atoms with Gasteiger partial charge in [0.25, 0.3) is 0 Å². The standard InChI is InChI=1S/C13H18N4O/c1-3-9-8-10(4-5-11(9)18-2)13-15-12(6-7-14)16-17-13/h4-5,8H,3,6-7,14H2,1-2H3,(H,15,16,17). The largest absolute Gasteiger partial charge is 0.496 e.